The second kappa shape index (κ2) is 7.07. The van der Waals surface area contributed by atoms with Crippen molar-refractivity contribution >= 4 is 0 Å². The molecule has 0 saturated heterocycles. The van der Waals surface area contributed by atoms with Crippen molar-refractivity contribution in [3.63, 3.8) is 0 Å². The summed E-state index contributed by atoms with van der Waals surface area (Å²) in [6.45, 7) is 0.576. The van der Waals surface area contributed by atoms with Crippen molar-refractivity contribution in [3.8, 4) is 11.1 Å². The molecule has 0 aliphatic heterocycles. The van der Waals surface area contributed by atoms with Crippen LogP contribution in [0, 0.1) is 0 Å². The Balaban J connectivity index is 1.92. The molecule has 0 saturated carbocycles. The molecule has 2 aromatic carbocycles. The Hall–Kier alpha value is -1.64. The van der Waals surface area contributed by atoms with E-state index in [1.165, 1.54) is 16.7 Å². The SMILES string of the molecule is NCC(N)CCCc1ccc(-c2ccccc2)cc1. The number of hydrogen-bond donors (Lipinski definition) is 2. The van der Waals surface area contributed by atoms with Gasteiger partial charge < -0.3 is 11.5 Å². The van der Waals surface area contributed by atoms with Gasteiger partial charge in [-0.25, -0.2) is 0 Å². The average molecular weight is 254 g/mol. The zero-order chi connectivity index (χ0) is 13.5. The normalized spacial score (nSPS) is 12.3. The lowest BCUT2D eigenvalue weighted by Gasteiger charge is -2.08. The molecule has 0 aliphatic rings. The topological polar surface area (TPSA) is 52.0 Å². The third-order valence-electron chi connectivity index (χ3n) is 3.40. The molecule has 2 nitrogen and oxygen atoms in total. The van der Waals surface area contributed by atoms with E-state index in [4.69, 9.17) is 11.5 Å². The summed E-state index contributed by atoms with van der Waals surface area (Å²) in [4.78, 5) is 0. The summed E-state index contributed by atoms with van der Waals surface area (Å²) in [5.41, 5.74) is 15.2. The summed E-state index contributed by atoms with van der Waals surface area (Å²) >= 11 is 0. The molecule has 0 radical (unpaired) electrons. The second-order valence-corrected chi connectivity index (χ2v) is 4.95. The van der Waals surface area contributed by atoms with Crippen molar-refractivity contribution in [1.29, 1.82) is 0 Å². The molecule has 100 valence electrons. The van der Waals surface area contributed by atoms with E-state index in [2.05, 4.69) is 48.5 Å². The smallest absolute Gasteiger partial charge is 0.0163 e. The van der Waals surface area contributed by atoms with Crippen molar-refractivity contribution < 1.29 is 0 Å². The van der Waals surface area contributed by atoms with Gasteiger partial charge in [0.25, 0.3) is 0 Å². The van der Waals surface area contributed by atoms with E-state index < -0.39 is 0 Å². The van der Waals surface area contributed by atoms with Crippen LogP contribution in [-0.4, -0.2) is 12.6 Å². The maximum Gasteiger partial charge on any atom is 0.0163 e. The molecular weight excluding hydrogens is 232 g/mol. The van der Waals surface area contributed by atoms with E-state index in [0.717, 1.165) is 19.3 Å². The van der Waals surface area contributed by atoms with E-state index in [-0.39, 0.29) is 6.04 Å². The molecule has 2 aromatic rings. The van der Waals surface area contributed by atoms with Gasteiger partial charge in [0.1, 0.15) is 0 Å². The molecule has 1 unspecified atom stereocenters. The monoisotopic (exact) mass is 254 g/mol. The summed E-state index contributed by atoms with van der Waals surface area (Å²) in [6, 6.07) is 19.4. The van der Waals surface area contributed by atoms with Gasteiger partial charge in [0, 0.05) is 12.6 Å². The highest BCUT2D eigenvalue weighted by Crippen LogP contribution is 2.19. The zero-order valence-corrected chi connectivity index (χ0v) is 11.3. The van der Waals surface area contributed by atoms with Gasteiger partial charge in [-0.3, -0.25) is 0 Å². The Bertz CT molecular complexity index is 476. The number of benzene rings is 2. The quantitative estimate of drug-likeness (QED) is 0.832. The molecule has 0 heterocycles. The maximum absolute atomic E-state index is 5.81. The second-order valence-electron chi connectivity index (χ2n) is 4.95. The average Bonchev–Trinajstić information content (AvgIpc) is 2.48. The molecule has 0 aliphatic carbocycles. The van der Waals surface area contributed by atoms with Gasteiger partial charge in [0.15, 0.2) is 0 Å². The Labute approximate surface area is 115 Å². The number of nitrogens with two attached hydrogens (primary N) is 2. The minimum absolute atomic E-state index is 0.142. The number of hydrogen-bond acceptors (Lipinski definition) is 2. The van der Waals surface area contributed by atoms with Crippen LogP contribution in [0.25, 0.3) is 11.1 Å². The van der Waals surface area contributed by atoms with Crippen LogP contribution in [0.5, 0.6) is 0 Å². The maximum atomic E-state index is 5.81. The van der Waals surface area contributed by atoms with Gasteiger partial charge in [0.2, 0.25) is 0 Å². The van der Waals surface area contributed by atoms with Crippen molar-refractivity contribution in [3.05, 3.63) is 60.2 Å². The van der Waals surface area contributed by atoms with Crippen LogP contribution < -0.4 is 11.5 Å². The third kappa shape index (κ3) is 4.19. The molecule has 4 N–H and O–H groups in total. The molecule has 2 rings (SSSR count). The van der Waals surface area contributed by atoms with Crippen LogP contribution >= 0.6 is 0 Å². The predicted molar refractivity (Wildman–Crippen MR) is 81.8 cm³/mol. The standard InChI is InChI=1S/C17H22N2/c18-13-17(19)8-4-5-14-9-11-16(12-10-14)15-6-2-1-3-7-15/h1-3,6-7,9-12,17H,4-5,8,13,18-19H2. The highest BCUT2D eigenvalue weighted by Gasteiger charge is 2.01. The molecule has 0 amide bonds. The predicted octanol–water partition coefficient (Wildman–Crippen LogP) is 2.96. The first-order valence-electron chi connectivity index (χ1n) is 6.89. The van der Waals surface area contributed by atoms with Crippen LogP contribution in [0.4, 0.5) is 0 Å². The minimum Gasteiger partial charge on any atom is -0.329 e. The highest BCUT2D eigenvalue weighted by molar-refractivity contribution is 5.63. The summed E-state index contributed by atoms with van der Waals surface area (Å²) in [7, 11) is 0. The van der Waals surface area contributed by atoms with Crippen LogP contribution in [0.3, 0.4) is 0 Å². The van der Waals surface area contributed by atoms with Gasteiger partial charge >= 0.3 is 0 Å². The fourth-order valence-corrected chi connectivity index (χ4v) is 2.18. The molecule has 1 atom stereocenters. The number of rotatable bonds is 6. The van der Waals surface area contributed by atoms with E-state index in [9.17, 15) is 0 Å². The lowest BCUT2D eigenvalue weighted by Crippen LogP contribution is -2.29. The molecule has 0 fully saturated rings. The largest absolute Gasteiger partial charge is 0.329 e. The van der Waals surface area contributed by atoms with E-state index in [0.29, 0.717) is 6.54 Å². The first kappa shape index (κ1) is 13.8. The summed E-state index contributed by atoms with van der Waals surface area (Å²) in [6.07, 6.45) is 3.17. The van der Waals surface area contributed by atoms with Crippen molar-refractivity contribution in [2.75, 3.05) is 6.54 Å². The molecule has 0 aromatic heterocycles. The lowest BCUT2D eigenvalue weighted by atomic mass is 10.0. The molecule has 0 bridgehead atoms. The molecule has 19 heavy (non-hydrogen) atoms. The van der Waals surface area contributed by atoms with Gasteiger partial charge in [-0.15, -0.1) is 0 Å². The summed E-state index contributed by atoms with van der Waals surface area (Å²) < 4.78 is 0. The summed E-state index contributed by atoms with van der Waals surface area (Å²) in [5.74, 6) is 0. The Morgan fingerprint density at radius 3 is 2.11 bits per heavy atom. The van der Waals surface area contributed by atoms with E-state index in [1.807, 2.05) is 6.07 Å². The summed E-state index contributed by atoms with van der Waals surface area (Å²) in [5, 5.41) is 0. The van der Waals surface area contributed by atoms with E-state index >= 15 is 0 Å². The van der Waals surface area contributed by atoms with Crippen LogP contribution in [0.1, 0.15) is 18.4 Å². The molecule has 2 heteroatoms. The van der Waals surface area contributed by atoms with Crippen molar-refractivity contribution in [2.45, 2.75) is 25.3 Å². The minimum atomic E-state index is 0.142. The fraction of sp³-hybridized carbons (Fsp3) is 0.294. The lowest BCUT2D eigenvalue weighted by molar-refractivity contribution is 0.591. The highest BCUT2D eigenvalue weighted by atomic mass is 14.7. The van der Waals surface area contributed by atoms with Crippen LogP contribution in [0.15, 0.2) is 54.6 Å². The van der Waals surface area contributed by atoms with Crippen molar-refractivity contribution in [2.24, 2.45) is 11.5 Å². The van der Waals surface area contributed by atoms with E-state index in [1.54, 1.807) is 0 Å². The van der Waals surface area contributed by atoms with Crippen LogP contribution in [-0.2, 0) is 6.42 Å². The Kier molecular flexibility index (Phi) is 5.13. The van der Waals surface area contributed by atoms with Gasteiger partial charge in [-0.05, 0) is 36.0 Å². The Morgan fingerprint density at radius 1 is 0.842 bits per heavy atom. The Morgan fingerprint density at radius 2 is 1.47 bits per heavy atom. The van der Waals surface area contributed by atoms with Crippen molar-refractivity contribution in [1.82, 2.24) is 0 Å². The zero-order valence-electron chi connectivity index (χ0n) is 11.3. The third-order valence-corrected chi connectivity index (χ3v) is 3.40. The molecule has 0 spiro atoms. The van der Waals surface area contributed by atoms with Gasteiger partial charge in [-0.1, -0.05) is 54.6 Å². The first-order chi connectivity index (χ1) is 9.29. The molecular formula is C17H22N2. The van der Waals surface area contributed by atoms with Gasteiger partial charge in [-0.2, -0.15) is 0 Å². The van der Waals surface area contributed by atoms with Crippen LogP contribution in [0.2, 0.25) is 0 Å². The fourth-order valence-electron chi connectivity index (χ4n) is 2.18. The first-order valence-corrected chi connectivity index (χ1v) is 6.89. The van der Waals surface area contributed by atoms with Gasteiger partial charge in [0.05, 0.1) is 0 Å². The number of aryl methyl sites for hydroxylation is 1.